The number of benzene rings is 1. The monoisotopic (exact) mass is 293 g/mol. The summed E-state index contributed by atoms with van der Waals surface area (Å²) in [5.41, 5.74) is 0.554. The number of rotatable bonds is 3. The van der Waals surface area contributed by atoms with Crippen LogP contribution in [-0.4, -0.2) is 12.0 Å². The molecule has 0 aliphatic carbocycles. The molecule has 0 saturated heterocycles. The topological polar surface area (TPSA) is 57.9 Å². The number of nitrogens with zero attached hydrogens (tertiary/aromatic N) is 2. The number of aromatic nitrogens is 1. The van der Waals surface area contributed by atoms with Gasteiger partial charge in [-0.1, -0.05) is 23.2 Å². The van der Waals surface area contributed by atoms with E-state index < -0.39 is 0 Å². The first-order valence-electron chi connectivity index (χ1n) is 5.36. The molecule has 6 heteroatoms. The lowest BCUT2D eigenvalue weighted by molar-refractivity contribution is 0.464. The maximum atomic E-state index is 8.71. The number of hydrogen-bond donors (Lipinski definition) is 1. The van der Waals surface area contributed by atoms with Gasteiger partial charge in [0, 0.05) is 7.05 Å². The van der Waals surface area contributed by atoms with E-state index in [0.29, 0.717) is 27.2 Å². The van der Waals surface area contributed by atoms with Crippen LogP contribution in [0.4, 0.5) is 5.82 Å². The average Bonchev–Trinajstić information content (AvgIpc) is 2.42. The Morgan fingerprint density at radius 2 is 1.89 bits per heavy atom. The van der Waals surface area contributed by atoms with Crippen LogP contribution in [0.25, 0.3) is 0 Å². The van der Waals surface area contributed by atoms with Crippen LogP contribution < -0.4 is 10.1 Å². The van der Waals surface area contributed by atoms with Crippen molar-refractivity contribution in [2.24, 2.45) is 0 Å². The van der Waals surface area contributed by atoms with Gasteiger partial charge in [0.2, 0.25) is 5.88 Å². The van der Waals surface area contributed by atoms with Crippen molar-refractivity contribution in [1.29, 1.82) is 5.26 Å². The average molecular weight is 294 g/mol. The Morgan fingerprint density at radius 3 is 2.47 bits per heavy atom. The fourth-order valence-electron chi connectivity index (χ4n) is 1.41. The quantitative estimate of drug-likeness (QED) is 0.926. The molecular formula is C13H9Cl2N3O. The van der Waals surface area contributed by atoms with Crippen molar-refractivity contribution in [3.05, 3.63) is 45.9 Å². The maximum absolute atomic E-state index is 8.71. The van der Waals surface area contributed by atoms with Crippen molar-refractivity contribution < 1.29 is 4.74 Å². The fourth-order valence-corrected chi connectivity index (χ4v) is 1.90. The Labute approximate surface area is 120 Å². The minimum Gasteiger partial charge on any atom is -0.437 e. The van der Waals surface area contributed by atoms with Gasteiger partial charge in [0.15, 0.2) is 0 Å². The third-order valence-electron chi connectivity index (χ3n) is 2.33. The van der Waals surface area contributed by atoms with Crippen molar-refractivity contribution in [3.63, 3.8) is 0 Å². The van der Waals surface area contributed by atoms with Gasteiger partial charge in [-0.05, 0) is 30.3 Å². The van der Waals surface area contributed by atoms with Gasteiger partial charge >= 0.3 is 0 Å². The van der Waals surface area contributed by atoms with E-state index in [1.54, 1.807) is 37.4 Å². The smallest absolute Gasteiger partial charge is 0.240 e. The third-order valence-corrected chi connectivity index (χ3v) is 2.89. The minimum atomic E-state index is 0.250. The summed E-state index contributed by atoms with van der Waals surface area (Å²) in [5, 5.41) is 12.3. The summed E-state index contributed by atoms with van der Waals surface area (Å²) in [6.45, 7) is 0. The molecule has 1 aromatic heterocycles. The zero-order valence-corrected chi connectivity index (χ0v) is 11.5. The van der Waals surface area contributed by atoms with E-state index in [9.17, 15) is 0 Å². The highest BCUT2D eigenvalue weighted by molar-refractivity contribution is 6.36. The fraction of sp³-hybridized carbons (Fsp3) is 0.0769. The van der Waals surface area contributed by atoms with Crippen molar-refractivity contribution in [3.8, 4) is 17.7 Å². The van der Waals surface area contributed by atoms with E-state index in [4.69, 9.17) is 33.2 Å². The standard InChI is InChI=1S/C13H9Cl2N3O/c1-17-12-10(14)6-11(15)13(18-12)19-9-4-2-8(7-16)3-5-9/h2-6H,1H3,(H,17,18). The van der Waals surface area contributed by atoms with Crippen molar-refractivity contribution in [1.82, 2.24) is 4.98 Å². The van der Waals surface area contributed by atoms with E-state index in [2.05, 4.69) is 10.3 Å². The predicted octanol–water partition coefficient (Wildman–Crippen LogP) is 4.09. The number of anilines is 1. The summed E-state index contributed by atoms with van der Waals surface area (Å²) in [6.07, 6.45) is 0. The molecule has 0 radical (unpaired) electrons. The first kappa shape index (κ1) is 13.5. The van der Waals surface area contributed by atoms with Gasteiger partial charge in [0.1, 0.15) is 16.6 Å². The van der Waals surface area contributed by atoms with Crippen LogP contribution in [0.2, 0.25) is 10.0 Å². The van der Waals surface area contributed by atoms with Crippen LogP contribution >= 0.6 is 23.2 Å². The molecular weight excluding hydrogens is 285 g/mol. The molecule has 0 bridgehead atoms. The van der Waals surface area contributed by atoms with Crippen LogP contribution in [0.5, 0.6) is 11.6 Å². The lowest BCUT2D eigenvalue weighted by Gasteiger charge is -2.09. The minimum absolute atomic E-state index is 0.250. The molecule has 0 aliphatic rings. The number of ether oxygens (including phenoxy) is 1. The van der Waals surface area contributed by atoms with Gasteiger partial charge in [-0.25, -0.2) is 0 Å². The number of nitrogens with one attached hydrogen (secondary N) is 1. The highest BCUT2D eigenvalue weighted by atomic mass is 35.5. The summed E-state index contributed by atoms with van der Waals surface area (Å²) in [4.78, 5) is 4.17. The van der Waals surface area contributed by atoms with E-state index >= 15 is 0 Å². The Hall–Kier alpha value is -1.96. The van der Waals surface area contributed by atoms with Crippen molar-refractivity contribution >= 4 is 29.0 Å². The molecule has 0 aliphatic heterocycles. The van der Waals surface area contributed by atoms with Crippen molar-refractivity contribution in [2.75, 3.05) is 12.4 Å². The lowest BCUT2D eigenvalue weighted by Crippen LogP contribution is -1.96. The summed E-state index contributed by atoms with van der Waals surface area (Å²) in [5.74, 6) is 1.27. The molecule has 4 nitrogen and oxygen atoms in total. The molecule has 96 valence electrons. The summed E-state index contributed by atoms with van der Waals surface area (Å²) >= 11 is 12.0. The second-order valence-electron chi connectivity index (χ2n) is 3.59. The van der Waals surface area contributed by atoms with Crippen LogP contribution in [-0.2, 0) is 0 Å². The molecule has 19 heavy (non-hydrogen) atoms. The molecule has 2 rings (SSSR count). The number of halogens is 2. The van der Waals surface area contributed by atoms with Gasteiger partial charge in [-0.15, -0.1) is 0 Å². The van der Waals surface area contributed by atoms with E-state index in [0.717, 1.165) is 0 Å². The summed E-state index contributed by atoms with van der Waals surface area (Å²) in [6, 6.07) is 10.2. The highest BCUT2D eigenvalue weighted by Crippen LogP contribution is 2.33. The molecule has 2 aromatic rings. The van der Waals surface area contributed by atoms with Crippen molar-refractivity contribution in [2.45, 2.75) is 0 Å². The van der Waals surface area contributed by atoms with E-state index in [1.807, 2.05) is 6.07 Å². The first-order valence-corrected chi connectivity index (χ1v) is 6.11. The number of pyridine rings is 1. The molecule has 0 atom stereocenters. The Kier molecular flexibility index (Phi) is 4.10. The number of hydrogen-bond acceptors (Lipinski definition) is 4. The van der Waals surface area contributed by atoms with Gasteiger partial charge in [0.05, 0.1) is 16.7 Å². The third kappa shape index (κ3) is 3.08. The number of nitriles is 1. The zero-order chi connectivity index (χ0) is 13.8. The Balaban J connectivity index is 2.29. The lowest BCUT2D eigenvalue weighted by atomic mass is 10.2. The van der Waals surface area contributed by atoms with Gasteiger partial charge in [0.25, 0.3) is 0 Å². The van der Waals surface area contributed by atoms with Crippen LogP contribution in [0, 0.1) is 11.3 Å². The molecule has 0 amide bonds. The van der Waals surface area contributed by atoms with Gasteiger partial charge < -0.3 is 10.1 Å². The molecule has 0 fully saturated rings. The van der Waals surface area contributed by atoms with E-state index in [-0.39, 0.29) is 5.88 Å². The molecule has 1 N–H and O–H groups in total. The maximum Gasteiger partial charge on any atom is 0.240 e. The van der Waals surface area contributed by atoms with Crippen LogP contribution in [0.1, 0.15) is 5.56 Å². The SMILES string of the molecule is CNc1nc(Oc2ccc(C#N)cc2)c(Cl)cc1Cl. The Bertz CT molecular complexity index is 636. The second kappa shape index (κ2) is 5.79. The summed E-state index contributed by atoms with van der Waals surface area (Å²) < 4.78 is 5.56. The largest absolute Gasteiger partial charge is 0.437 e. The molecule has 0 spiro atoms. The molecule has 1 aromatic carbocycles. The van der Waals surface area contributed by atoms with Gasteiger partial charge in [-0.3, -0.25) is 0 Å². The van der Waals surface area contributed by atoms with Crippen LogP contribution in [0.15, 0.2) is 30.3 Å². The summed E-state index contributed by atoms with van der Waals surface area (Å²) in [7, 11) is 1.70. The highest BCUT2D eigenvalue weighted by Gasteiger charge is 2.10. The van der Waals surface area contributed by atoms with Crippen LogP contribution in [0.3, 0.4) is 0 Å². The molecule has 0 unspecified atom stereocenters. The normalized spacial score (nSPS) is 9.79. The predicted molar refractivity (Wildman–Crippen MR) is 75.0 cm³/mol. The molecule has 0 saturated carbocycles. The second-order valence-corrected chi connectivity index (χ2v) is 4.41. The van der Waals surface area contributed by atoms with E-state index in [1.165, 1.54) is 0 Å². The Morgan fingerprint density at radius 1 is 1.21 bits per heavy atom. The van der Waals surface area contributed by atoms with Gasteiger partial charge in [-0.2, -0.15) is 10.2 Å². The zero-order valence-electron chi connectivity index (χ0n) is 9.95. The molecule has 1 heterocycles. The first-order chi connectivity index (χ1) is 9.13.